The molecule has 9 nitrogen and oxygen atoms in total. The van der Waals surface area contributed by atoms with Gasteiger partial charge in [0.25, 0.3) is 17.4 Å². The van der Waals surface area contributed by atoms with E-state index in [9.17, 15) is 14.4 Å². The van der Waals surface area contributed by atoms with E-state index in [1.807, 2.05) is 38.1 Å². The molecule has 0 spiro atoms. The number of methoxy groups -OCH3 is 1. The largest absolute Gasteiger partial charge is 0.497 e. The molecular formula is C32H31Cl2N5O4. The van der Waals surface area contributed by atoms with Gasteiger partial charge >= 0.3 is 0 Å². The number of hydrogen-bond acceptors (Lipinski definition) is 6. The summed E-state index contributed by atoms with van der Waals surface area (Å²) in [5, 5.41) is 6.66. The van der Waals surface area contributed by atoms with Gasteiger partial charge in [-0.15, -0.1) is 0 Å². The minimum Gasteiger partial charge on any atom is -0.497 e. The lowest BCUT2D eigenvalue weighted by Gasteiger charge is -2.35. The fourth-order valence-corrected chi connectivity index (χ4v) is 5.44. The van der Waals surface area contributed by atoms with Crippen molar-refractivity contribution in [1.29, 1.82) is 0 Å². The topological polar surface area (TPSA) is 106 Å². The molecule has 222 valence electrons. The summed E-state index contributed by atoms with van der Waals surface area (Å²) in [4.78, 5) is 46.4. The zero-order valence-electron chi connectivity index (χ0n) is 24.2. The van der Waals surface area contributed by atoms with E-state index in [0.717, 1.165) is 11.3 Å². The molecule has 1 aromatic heterocycles. The standard InChI is InChI=1S/C32H31Cl2N5O4/c1-18-15-25-28(17-38(18)30(41)22-9-14-26(33)27(34)16-22)37-32(36-19(2)20-7-12-24(43-4)13-8-20)39(31(25)42)23-10-5-21(6-11-23)29(40)35-3/h5-14,16,18-19H,15,17H2,1-4H3,(H,35,40)(H,36,37)/t18-,19?/m1/s1. The number of carbonyl (C=O) groups excluding carboxylic acids is 2. The van der Waals surface area contributed by atoms with E-state index in [0.29, 0.717) is 50.5 Å². The van der Waals surface area contributed by atoms with Crippen LogP contribution < -0.4 is 20.9 Å². The van der Waals surface area contributed by atoms with E-state index in [1.54, 1.807) is 61.5 Å². The molecule has 11 heteroatoms. The number of ether oxygens (including phenoxy) is 1. The zero-order valence-corrected chi connectivity index (χ0v) is 25.7. The van der Waals surface area contributed by atoms with Crippen molar-refractivity contribution in [2.45, 2.75) is 38.9 Å². The van der Waals surface area contributed by atoms with Crippen LogP contribution in [0.4, 0.5) is 5.95 Å². The summed E-state index contributed by atoms with van der Waals surface area (Å²) >= 11 is 12.2. The van der Waals surface area contributed by atoms with Crippen molar-refractivity contribution in [2.24, 2.45) is 0 Å². The summed E-state index contributed by atoms with van der Waals surface area (Å²) in [6.45, 7) is 4.01. The maximum atomic E-state index is 14.1. The third-order valence-corrected chi connectivity index (χ3v) is 8.36. The first-order valence-electron chi connectivity index (χ1n) is 13.7. The van der Waals surface area contributed by atoms with Gasteiger partial charge in [0.05, 0.1) is 41.1 Å². The number of nitrogens with one attached hydrogen (secondary N) is 2. The van der Waals surface area contributed by atoms with Gasteiger partial charge < -0.3 is 20.3 Å². The molecule has 0 aliphatic carbocycles. The van der Waals surface area contributed by atoms with Gasteiger partial charge in [-0.1, -0.05) is 35.3 Å². The summed E-state index contributed by atoms with van der Waals surface area (Å²) in [6.07, 6.45) is 0.318. The van der Waals surface area contributed by atoms with Crippen LogP contribution in [0.5, 0.6) is 5.75 Å². The van der Waals surface area contributed by atoms with Gasteiger partial charge in [-0.25, -0.2) is 9.55 Å². The average molecular weight is 621 g/mol. The highest BCUT2D eigenvalue weighted by Crippen LogP contribution is 2.29. The fourth-order valence-electron chi connectivity index (χ4n) is 5.14. The SMILES string of the molecule is CNC(=O)c1ccc(-n2c(NC(C)c3ccc(OC)cc3)nc3c(c2=O)C[C@@H](C)N(C(=O)c2ccc(Cl)c(Cl)c2)C3)cc1. The number of halogens is 2. The number of aromatic nitrogens is 2. The first-order chi connectivity index (χ1) is 20.6. The summed E-state index contributed by atoms with van der Waals surface area (Å²) in [5.74, 6) is 0.594. The molecule has 1 unspecified atom stereocenters. The van der Waals surface area contributed by atoms with E-state index in [4.69, 9.17) is 32.9 Å². The zero-order chi connectivity index (χ0) is 30.8. The molecular weight excluding hydrogens is 589 g/mol. The molecule has 0 fully saturated rings. The number of hydrogen-bond donors (Lipinski definition) is 2. The molecule has 0 bridgehead atoms. The second-order valence-corrected chi connectivity index (χ2v) is 11.2. The van der Waals surface area contributed by atoms with Gasteiger partial charge in [0, 0.05) is 29.8 Å². The lowest BCUT2D eigenvalue weighted by atomic mass is 9.98. The Bertz CT molecular complexity index is 1740. The molecule has 3 aromatic carbocycles. The Morgan fingerprint density at radius 1 is 1.00 bits per heavy atom. The highest BCUT2D eigenvalue weighted by Gasteiger charge is 2.32. The first kappa shape index (κ1) is 30.1. The van der Waals surface area contributed by atoms with Crippen molar-refractivity contribution in [3.05, 3.63) is 115 Å². The number of nitrogens with zero attached hydrogens (tertiary/aromatic N) is 3. The Labute approximate surface area is 259 Å². The fraction of sp³-hybridized carbons (Fsp3) is 0.250. The number of benzene rings is 3. The lowest BCUT2D eigenvalue weighted by molar-refractivity contribution is 0.0653. The lowest BCUT2D eigenvalue weighted by Crippen LogP contribution is -2.46. The number of fused-ring (bicyclic) bond motifs is 1. The Morgan fingerprint density at radius 2 is 1.67 bits per heavy atom. The minimum absolute atomic E-state index is 0.146. The summed E-state index contributed by atoms with van der Waals surface area (Å²) in [6, 6.07) is 18.6. The normalized spacial score (nSPS) is 14.9. The summed E-state index contributed by atoms with van der Waals surface area (Å²) in [5.41, 5.74) is 3.19. The quantitative estimate of drug-likeness (QED) is 0.276. The minimum atomic E-state index is -0.273. The van der Waals surface area contributed by atoms with Gasteiger partial charge in [0.2, 0.25) is 5.95 Å². The molecule has 5 rings (SSSR count). The average Bonchev–Trinajstić information content (AvgIpc) is 3.02. The summed E-state index contributed by atoms with van der Waals surface area (Å²) < 4.78 is 6.81. The van der Waals surface area contributed by atoms with Gasteiger partial charge in [-0.3, -0.25) is 14.4 Å². The maximum absolute atomic E-state index is 14.1. The molecule has 2 amide bonds. The van der Waals surface area contributed by atoms with Crippen LogP contribution in [-0.2, 0) is 13.0 Å². The van der Waals surface area contributed by atoms with Crippen molar-refractivity contribution in [2.75, 3.05) is 19.5 Å². The number of carbonyl (C=O) groups is 2. The van der Waals surface area contributed by atoms with Gasteiger partial charge in [-0.05, 0) is 80.4 Å². The molecule has 1 aliphatic heterocycles. The van der Waals surface area contributed by atoms with Crippen LogP contribution >= 0.6 is 23.2 Å². The molecule has 43 heavy (non-hydrogen) atoms. The number of anilines is 1. The number of amides is 2. The van der Waals surface area contributed by atoms with Crippen LogP contribution in [0.25, 0.3) is 5.69 Å². The molecule has 2 heterocycles. The predicted molar refractivity (Wildman–Crippen MR) is 168 cm³/mol. The van der Waals surface area contributed by atoms with Crippen molar-refractivity contribution in [3.8, 4) is 11.4 Å². The van der Waals surface area contributed by atoms with Crippen LogP contribution in [0.15, 0.2) is 71.5 Å². The van der Waals surface area contributed by atoms with Gasteiger partial charge in [0.15, 0.2) is 0 Å². The van der Waals surface area contributed by atoms with E-state index in [-0.39, 0.29) is 36.0 Å². The van der Waals surface area contributed by atoms with Crippen LogP contribution in [0.2, 0.25) is 10.0 Å². The molecule has 2 N–H and O–H groups in total. The van der Waals surface area contributed by atoms with Crippen LogP contribution in [0.1, 0.15) is 57.4 Å². The van der Waals surface area contributed by atoms with E-state index in [1.165, 1.54) is 4.57 Å². The van der Waals surface area contributed by atoms with Crippen LogP contribution in [0.3, 0.4) is 0 Å². The first-order valence-corrected chi connectivity index (χ1v) is 14.5. The third-order valence-electron chi connectivity index (χ3n) is 7.62. The Kier molecular flexibility index (Phi) is 8.75. The van der Waals surface area contributed by atoms with Gasteiger partial charge in [-0.2, -0.15) is 0 Å². The predicted octanol–water partition coefficient (Wildman–Crippen LogP) is 5.67. The monoisotopic (exact) mass is 619 g/mol. The Hall–Kier alpha value is -4.34. The number of rotatable bonds is 7. The maximum Gasteiger partial charge on any atom is 0.263 e. The molecule has 2 atom stereocenters. The third kappa shape index (κ3) is 6.09. The molecule has 1 aliphatic rings. The Balaban J connectivity index is 1.56. The van der Waals surface area contributed by atoms with Crippen molar-refractivity contribution in [3.63, 3.8) is 0 Å². The van der Waals surface area contributed by atoms with Crippen molar-refractivity contribution < 1.29 is 14.3 Å². The highest BCUT2D eigenvalue weighted by atomic mass is 35.5. The molecule has 0 saturated carbocycles. The van der Waals surface area contributed by atoms with E-state index < -0.39 is 0 Å². The van der Waals surface area contributed by atoms with Crippen molar-refractivity contribution >= 4 is 41.0 Å². The van der Waals surface area contributed by atoms with Crippen LogP contribution in [-0.4, -0.2) is 46.5 Å². The molecule has 0 radical (unpaired) electrons. The molecule has 0 saturated heterocycles. The van der Waals surface area contributed by atoms with Gasteiger partial charge in [0.1, 0.15) is 5.75 Å². The highest BCUT2D eigenvalue weighted by molar-refractivity contribution is 6.42. The van der Waals surface area contributed by atoms with Crippen molar-refractivity contribution in [1.82, 2.24) is 19.8 Å². The molecule has 4 aromatic rings. The van der Waals surface area contributed by atoms with E-state index >= 15 is 0 Å². The van der Waals surface area contributed by atoms with Crippen LogP contribution in [0, 0.1) is 0 Å². The summed E-state index contributed by atoms with van der Waals surface area (Å²) in [7, 11) is 3.17. The second-order valence-electron chi connectivity index (χ2n) is 10.4. The van der Waals surface area contributed by atoms with E-state index in [2.05, 4.69) is 10.6 Å². The second kappa shape index (κ2) is 12.5. The smallest absolute Gasteiger partial charge is 0.263 e. The Morgan fingerprint density at radius 3 is 2.30 bits per heavy atom.